The molecule has 5 nitrogen and oxygen atoms in total. The fraction of sp³-hybridized carbons (Fsp3) is 0.400. The zero-order chi connectivity index (χ0) is 10.8. The fourth-order valence-electron chi connectivity index (χ4n) is 1.45. The van der Waals surface area contributed by atoms with E-state index in [1.807, 2.05) is 31.8 Å². The van der Waals surface area contributed by atoms with Crippen molar-refractivity contribution >= 4 is 0 Å². The molecule has 1 N–H and O–H groups in total. The first-order chi connectivity index (χ1) is 7.22. The molecular formula is C10H14N4O. The standard InChI is InChI=1S/C10H14N4O/c1-7-9(6-12-14(7)3)10-4-8(5-11-2)15-13-10/h4,6,11H,5H2,1-3H3. The summed E-state index contributed by atoms with van der Waals surface area (Å²) in [6, 6.07) is 1.93. The molecule has 0 aliphatic rings. The van der Waals surface area contributed by atoms with Crippen molar-refractivity contribution in [2.24, 2.45) is 7.05 Å². The van der Waals surface area contributed by atoms with Crippen LogP contribution < -0.4 is 5.32 Å². The molecular weight excluding hydrogens is 192 g/mol. The maximum Gasteiger partial charge on any atom is 0.151 e. The van der Waals surface area contributed by atoms with E-state index in [9.17, 15) is 0 Å². The average molecular weight is 206 g/mol. The summed E-state index contributed by atoms with van der Waals surface area (Å²) in [6.07, 6.45) is 1.80. The highest BCUT2D eigenvalue weighted by Crippen LogP contribution is 2.21. The zero-order valence-electron chi connectivity index (χ0n) is 9.11. The van der Waals surface area contributed by atoms with E-state index in [0.717, 1.165) is 22.7 Å². The molecule has 0 aromatic carbocycles. The van der Waals surface area contributed by atoms with Crippen LogP contribution in [0.5, 0.6) is 0 Å². The van der Waals surface area contributed by atoms with Gasteiger partial charge in [0.2, 0.25) is 0 Å². The molecule has 0 aliphatic heterocycles. The summed E-state index contributed by atoms with van der Waals surface area (Å²) in [5.41, 5.74) is 2.94. The molecule has 0 spiro atoms. The minimum atomic E-state index is 0.687. The van der Waals surface area contributed by atoms with Crippen LogP contribution in [0.2, 0.25) is 0 Å². The third kappa shape index (κ3) is 1.78. The first kappa shape index (κ1) is 9.92. The molecule has 2 heterocycles. The lowest BCUT2D eigenvalue weighted by Crippen LogP contribution is -2.03. The van der Waals surface area contributed by atoms with E-state index < -0.39 is 0 Å². The summed E-state index contributed by atoms with van der Waals surface area (Å²) in [5.74, 6) is 0.829. The van der Waals surface area contributed by atoms with Gasteiger partial charge in [-0.1, -0.05) is 5.16 Å². The maximum atomic E-state index is 5.17. The van der Waals surface area contributed by atoms with E-state index in [2.05, 4.69) is 15.6 Å². The lowest BCUT2D eigenvalue weighted by atomic mass is 10.2. The van der Waals surface area contributed by atoms with Crippen molar-refractivity contribution in [3.8, 4) is 11.3 Å². The van der Waals surface area contributed by atoms with Crippen molar-refractivity contribution in [3.05, 3.63) is 23.7 Å². The maximum absolute atomic E-state index is 5.17. The van der Waals surface area contributed by atoms with Crippen LogP contribution in [0.15, 0.2) is 16.8 Å². The molecule has 2 aromatic heterocycles. The molecule has 0 saturated carbocycles. The Morgan fingerprint density at radius 1 is 1.53 bits per heavy atom. The third-order valence-corrected chi connectivity index (χ3v) is 2.42. The molecule has 0 radical (unpaired) electrons. The van der Waals surface area contributed by atoms with Gasteiger partial charge in [-0.15, -0.1) is 0 Å². The monoisotopic (exact) mass is 206 g/mol. The summed E-state index contributed by atoms with van der Waals surface area (Å²) in [4.78, 5) is 0. The Morgan fingerprint density at radius 3 is 2.93 bits per heavy atom. The molecule has 5 heteroatoms. The van der Waals surface area contributed by atoms with E-state index >= 15 is 0 Å². The van der Waals surface area contributed by atoms with Gasteiger partial charge in [0.1, 0.15) is 5.69 Å². The van der Waals surface area contributed by atoms with Crippen molar-refractivity contribution in [1.82, 2.24) is 20.3 Å². The van der Waals surface area contributed by atoms with Crippen LogP contribution in [-0.2, 0) is 13.6 Å². The van der Waals surface area contributed by atoms with Crippen LogP contribution in [0.3, 0.4) is 0 Å². The summed E-state index contributed by atoms with van der Waals surface area (Å²) in [5, 5.41) is 11.2. The highest BCUT2D eigenvalue weighted by Gasteiger charge is 2.11. The normalized spacial score (nSPS) is 10.9. The number of hydrogen-bond donors (Lipinski definition) is 1. The predicted octanol–water partition coefficient (Wildman–Crippen LogP) is 1.10. The second kappa shape index (κ2) is 3.86. The number of rotatable bonds is 3. The molecule has 0 fully saturated rings. The Bertz CT molecular complexity index is 458. The molecule has 0 saturated heterocycles. The van der Waals surface area contributed by atoms with Gasteiger partial charge in [0.15, 0.2) is 5.76 Å². The summed E-state index contributed by atoms with van der Waals surface area (Å²) in [7, 11) is 3.78. The summed E-state index contributed by atoms with van der Waals surface area (Å²) >= 11 is 0. The van der Waals surface area contributed by atoms with E-state index in [1.165, 1.54) is 0 Å². The van der Waals surface area contributed by atoms with Crippen molar-refractivity contribution in [3.63, 3.8) is 0 Å². The Kier molecular flexibility index (Phi) is 2.55. The van der Waals surface area contributed by atoms with Crippen LogP contribution in [0.1, 0.15) is 11.5 Å². The van der Waals surface area contributed by atoms with Crippen molar-refractivity contribution in [2.75, 3.05) is 7.05 Å². The second-order valence-electron chi connectivity index (χ2n) is 3.48. The number of nitrogens with one attached hydrogen (secondary N) is 1. The molecule has 0 atom stereocenters. The summed E-state index contributed by atoms with van der Waals surface area (Å²) in [6.45, 7) is 2.70. The average Bonchev–Trinajstić information content (AvgIpc) is 2.77. The molecule has 0 unspecified atom stereocenters. The van der Waals surface area contributed by atoms with Crippen LogP contribution in [0, 0.1) is 6.92 Å². The Labute approximate surface area is 88.1 Å². The topological polar surface area (TPSA) is 55.9 Å². The minimum absolute atomic E-state index is 0.687. The zero-order valence-corrected chi connectivity index (χ0v) is 9.11. The molecule has 0 aliphatic carbocycles. The highest BCUT2D eigenvalue weighted by molar-refractivity contribution is 5.60. The minimum Gasteiger partial charge on any atom is -0.359 e. The Morgan fingerprint density at radius 2 is 2.33 bits per heavy atom. The number of aryl methyl sites for hydroxylation is 1. The SMILES string of the molecule is CNCc1cc(-c2cnn(C)c2C)no1. The van der Waals surface area contributed by atoms with Gasteiger partial charge < -0.3 is 9.84 Å². The van der Waals surface area contributed by atoms with Gasteiger partial charge in [0.05, 0.1) is 12.7 Å². The highest BCUT2D eigenvalue weighted by atomic mass is 16.5. The van der Waals surface area contributed by atoms with E-state index in [-0.39, 0.29) is 0 Å². The first-order valence-corrected chi connectivity index (χ1v) is 4.81. The molecule has 0 amide bonds. The van der Waals surface area contributed by atoms with Gasteiger partial charge in [-0.25, -0.2) is 0 Å². The predicted molar refractivity (Wildman–Crippen MR) is 56.2 cm³/mol. The van der Waals surface area contributed by atoms with Gasteiger partial charge in [-0.3, -0.25) is 4.68 Å². The van der Waals surface area contributed by atoms with Crippen molar-refractivity contribution in [2.45, 2.75) is 13.5 Å². The number of nitrogens with zero attached hydrogens (tertiary/aromatic N) is 3. The number of hydrogen-bond acceptors (Lipinski definition) is 4. The van der Waals surface area contributed by atoms with E-state index in [0.29, 0.717) is 6.54 Å². The van der Waals surface area contributed by atoms with Crippen LogP contribution in [0.25, 0.3) is 11.3 Å². The lowest BCUT2D eigenvalue weighted by Gasteiger charge is -1.94. The van der Waals surface area contributed by atoms with Gasteiger partial charge in [0, 0.05) is 24.4 Å². The second-order valence-corrected chi connectivity index (χ2v) is 3.48. The Hall–Kier alpha value is -1.62. The molecule has 0 bridgehead atoms. The number of aromatic nitrogens is 3. The largest absolute Gasteiger partial charge is 0.359 e. The van der Waals surface area contributed by atoms with E-state index in [4.69, 9.17) is 4.52 Å². The van der Waals surface area contributed by atoms with Crippen LogP contribution >= 0.6 is 0 Å². The van der Waals surface area contributed by atoms with Crippen molar-refractivity contribution in [1.29, 1.82) is 0 Å². The Balaban J connectivity index is 2.33. The lowest BCUT2D eigenvalue weighted by molar-refractivity contribution is 0.379. The van der Waals surface area contributed by atoms with Gasteiger partial charge >= 0.3 is 0 Å². The third-order valence-electron chi connectivity index (χ3n) is 2.42. The van der Waals surface area contributed by atoms with E-state index in [1.54, 1.807) is 6.20 Å². The molecule has 2 aromatic rings. The smallest absolute Gasteiger partial charge is 0.151 e. The summed E-state index contributed by atoms with van der Waals surface area (Å²) < 4.78 is 7.00. The molecule has 15 heavy (non-hydrogen) atoms. The van der Waals surface area contributed by atoms with Crippen LogP contribution in [0.4, 0.5) is 0 Å². The van der Waals surface area contributed by atoms with Gasteiger partial charge in [-0.05, 0) is 14.0 Å². The quantitative estimate of drug-likeness (QED) is 0.817. The van der Waals surface area contributed by atoms with Crippen LogP contribution in [-0.4, -0.2) is 22.0 Å². The van der Waals surface area contributed by atoms with Gasteiger partial charge in [-0.2, -0.15) is 5.10 Å². The van der Waals surface area contributed by atoms with Gasteiger partial charge in [0.25, 0.3) is 0 Å². The molecule has 2 rings (SSSR count). The molecule has 80 valence electrons. The fourth-order valence-corrected chi connectivity index (χ4v) is 1.45. The first-order valence-electron chi connectivity index (χ1n) is 4.81. The van der Waals surface area contributed by atoms with Crippen molar-refractivity contribution < 1.29 is 4.52 Å².